The summed E-state index contributed by atoms with van der Waals surface area (Å²) < 4.78 is 11.3. The Morgan fingerprint density at radius 1 is 1.30 bits per heavy atom. The smallest absolute Gasteiger partial charge is 0.357 e. The number of anilines is 1. The van der Waals surface area contributed by atoms with Gasteiger partial charge >= 0.3 is 5.97 Å². The number of carbonyl (C=O) groups is 1. The quantitative estimate of drug-likeness (QED) is 0.741. The second kappa shape index (κ2) is 9.15. The molecule has 3 rings (SSSR count). The van der Waals surface area contributed by atoms with Gasteiger partial charge in [0.25, 0.3) is 0 Å². The van der Waals surface area contributed by atoms with Crippen LogP contribution in [-0.4, -0.2) is 35.2 Å². The minimum atomic E-state index is -0.433. The summed E-state index contributed by atoms with van der Waals surface area (Å²) in [4.78, 5) is 20.3. The standard InChI is InChI=1S/C20H24ClN3O3/c1-3-26-20(25)18-13(2)19(24-12-23-18)22-11-16-5-4-6-17(27-16)14-7-9-15(21)10-8-14/h7-10,12,16-17H,3-6,11H2,1-2H3,(H,22,23,24)/t16-,17+/m1/s1. The van der Waals surface area contributed by atoms with Crippen molar-refractivity contribution in [2.75, 3.05) is 18.5 Å². The van der Waals surface area contributed by atoms with Crippen LogP contribution in [0.3, 0.4) is 0 Å². The molecule has 0 spiro atoms. The average molecular weight is 390 g/mol. The van der Waals surface area contributed by atoms with Crippen LogP contribution in [0.1, 0.15) is 53.9 Å². The Morgan fingerprint density at radius 2 is 2.07 bits per heavy atom. The lowest BCUT2D eigenvalue weighted by Gasteiger charge is -2.31. The maximum Gasteiger partial charge on any atom is 0.357 e. The number of carbonyl (C=O) groups excluding carboxylic acids is 1. The van der Waals surface area contributed by atoms with Gasteiger partial charge in [-0.05, 0) is 50.8 Å². The molecule has 1 aromatic heterocycles. The van der Waals surface area contributed by atoms with Crippen LogP contribution >= 0.6 is 11.6 Å². The Balaban J connectivity index is 1.62. The topological polar surface area (TPSA) is 73.3 Å². The molecule has 144 valence electrons. The lowest BCUT2D eigenvalue weighted by molar-refractivity contribution is -0.0442. The summed E-state index contributed by atoms with van der Waals surface area (Å²) in [5.41, 5.74) is 2.12. The van der Waals surface area contributed by atoms with Crippen molar-refractivity contribution in [2.45, 2.75) is 45.3 Å². The van der Waals surface area contributed by atoms with Gasteiger partial charge in [0.05, 0.1) is 18.8 Å². The fourth-order valence-corrected chi connectivity index (χ4v) is 3.34. The predicted molar refractivity (Wildman–Crippen MR) is 104 cm³/mol. The van der Waals surface area contributed by atoms with Crippen LogP contribution in [0.25, 0.3) is 0 Å². The lowest BCUT2D eigenvalue weighted by Crippen LogP contribution is -2.29. The van der Waals surface area contributed by atoms with Crippen molar-refractivity contribution in [3.05, 3.63) is 52.4 Å². The molecule has 7 heteroatoms. The summed E-state index contributed by atoms with van der Waals surface area (Å²) in [6.45, 7) is 4.51. The van der Waals surface area contributed by atoms with Crippen molar-refractivity contribution < 1.29 is 14.3 Å². The van der Waals surface area contributed by atoms with Gasteiger partial charge in [0, 0.05) is 17.1 Å². The van der Waals surface area contributed by atoms with Gasteiger partial charge in [0.2, 0.25) is 0 Å². The summed E-state index contributed by atoms with van der Waals surface area (Å²) in [5, 5.41) is 4.02. The van der Waals surface area contributed by atoms with Gasteiger partial charge in [-0.2, -0.15) is 0 Å². The fourth-order valence-electron chi connectivity index (χ4n) is 3.22. The predicted octanol–water partition coefficient (Wildman–Crippen LogP) is 4.34. The molecule has 2 heterocycles. The van der Waals surface area contributed by atoms with Crippen molar-refractivity contribution in [1.29, 1.82) is 0 Å². The van der Waals surface area contributed by atoms with Crippen molar-refractivity contribution in [3.8, 4) is 0 Å². The van der Waals surface area contributed by atoms with Crippen molar-refractivity contribution in [2.24, 2.45) is 0 Å². The molecule has 1 N–H and O–H groups in total. The van der Waals surface area contributed by atoms with Crippen LogP contribution in [0.15, 0.2) is 30.6 Å². The number of ether oxygens (including phenoxy) is 2. The van der Waals surface area contributed by atoms with E-state index in [2.05, 4.69) is 15.3 Å². The van der Waals surface area contributed by atoms with Gasteiger partial charge in [-0.15, -0.1) is 0 Å². The molecular formula is C20H24ClN3O3. The Morgan fingerprint density at radius 3 is 2.81 bits per heavy atom. The van der Waals surface area contributed by atoms with Crippen LogP contribution < -0.4 is 5.32 Å². The second-order valence-electron chi connectivity index (χ2n) is 6.53. The molecule has 2 atom stereocenters. The van der Waals surface area contributed by atoms with E-state index in [-0.39, 0.29) is 17.9 Å². The molecule has 27 heavy (non-hydrogen) atoms. The molecule has 1 aromatic carbocycles. The monoisotopic (exact) mass is 389 g/mol. The normalized spacial score (nSPS) is 19.5. The Hall–Kier alpha value is -2.18. The van der Waals surface area contributed by atoms with E-state index in [9.17, 15) is 4.79 Å². The number of benzene rings is 1. The van der Waals surface area contributed by atoms with E-state index in [1.807, 2.05) is 31.2 Å². The minimum absolute atomic E-state index is 0.0693. The Kier molecular flexibility index (Phi) is 6.63. The van der Waals surface area contributed by atoms with Crippen LogP contribution in [0.5, 0.6) is 0 Å². The molecule has 1 aliphatic heterocycles. The third kappa shape index (κ3) is 4.96. The summed E-state index contributed by atoms with van der Waals surface area (Å²) in [5.74, 6) is 0.197. The number of hydrogen-bond acceptors (Lipinski definition) is 6. The zero-order chi connectivity index (χ0) is 19.2. The molecule has 0 radical (unpaired) electrons. The lowest BCUT2D eigenvalue weighted by atomic mass is 9.98. The van der Waals surface area contributed by atoms with Gasteiger partial charge in [0.15, 0.2) is 5.69 Å². The SMILES string of the molecule is CCOC(=O)c1ncnc(NC[C@H]2CCC[C@@H](c3ccc(Cl)cc3)O2)c1C. The molecule has 1 fully saturated rings. The Bertz CT molecular complexity index is 783. The highest BCUT2D eigenvalue weighted by Gasteiger charge is 2.24. The van der Waals surface area contributed by atoms with E-state index < -0.39 is 5.97 Å². The first-order valence-corrected chi connectivity index (χ1v) is 9.59. The highest BCUT2D eigenvalue weighted by atomic mass is 35.5. The Labute approximate surface area is 164 Å². The molecule has 2 aromatic rings. The van der Waals surface area contributed by atoms with Crippen molar-refractivity contribution in [1.82, 2.24) is 9.97 Å². The average Bonchev–Trinajstić information content (AvgIpc) is 2.68. The van der Waals surface area contributed by atoms with E-state index in [4.69, 9.17) is 21.1 Å². The van der Waals surface area contributed by atoms with Crippen molar-refractivity contribution in [3.63, 3.8) is 0 Å². The van der Waals surface area contributed by atoms with E-state index in [1.54, 1.807) is 6.92 Å². The highest BCUT2D eigenvalue weighted by molar-refractivity contribution is 6.30. The van der Waals surface area contributed by atoms with E-state index >= 15 is 0 Å². The summed E-state index contributed by atoms with van der Waals surface area (Å²) in [7, 11) is 0. The number of aromatic nitrogens is 2. The molecule has 0 aliphatic carbocycles. The molecule has 0 saturated carbocycles. The number of nitrogens with one attached hydrogen (secondary N) is 1. The molecule has 1 saturated heterocycles. The number of halogens is 1. The van der Waals surface area contributed by atoms with E-state index in [1.165, 1.54) is 6.33 Å². The molecule has 6 nitrogen and oxygen atoms in total. The van der Waals surface area contributed by atoms with Crippen LogP contribution in [0.4, 0.5) is 5.82 Å². The van der Waals surface area contributed by atoms with E-state index in [0.29, 0.717) is 24.5 Å². The van der Waals surface area contributed by atoms with Gasteiger partial charge in [-0.1, -0.05) is 23.7 Å². The first-order chi connectivity index (χ1) is 13.1. The van der Waals surface area contributed by atoms with Crippen LogP contribution in [0.2, 0.25) is 5.02 Å². The molecule has 1 aliphatic rings. The fraction of sp³-hybridized carbons (Fsp3) is 0.450. The largest absolute Gasteiger partial charge is 0.461 e. The zero-order valence-corrected chi connectivity index (χ0v) is 16.3. The van der Waals surface area contributed by atoms with Crippen molar-refractivity contribution >= 4 is 23.4 Å². The maximum atomic E-state index is 12.0. The van der Waals surface area contributed by atoms with Gasteiger partial charge in [-0.25, -0.2) is 14.8 Å². The molecule has 0 unspecified atom stereocenters. The third-order valence-corrected chi connectivity index (χ3v) is 4.89. The first-order valence-electron chi connectivity index (χ1n) is 9.22. The summed E-state index contributed by atoms with van der Waals surface area (Å²) >= 11 is 5.97. The maximum absolute atomic E-state index is 12.0. The molecule has 0 amide bonds. The van der Waals surface area contributed by atoms with Gasteiger partial charge in [0.1, 0.15) is 12.1 Å². The first kappa shape index (κ1) is 19.6. The zero-order valence-electron chi connectivity index (χ0n) is 15.6. The minimum Gasteiger partial charge on any atom is -0.461 e. The number of nitrogens with zero attached hydrogens (tertiary/aromatic N) is 2. The summed E-state index contributed by atoms with van der Waals surface area (Å²) in [6, 6.07) is 7.82. The van der Waals surface area contributed by atoms with Crippen LogP contribution in [0, 0.1) is 6.92 Å². The molecule has 0 bridgehead atoms. The van der Waals surface area contributed by atoms with Crippen LogP contribution in [-0.2, 0) is 9.47 Å². The number of hydrogen-bond donors (Lipinski definition) is 1. The number of rotatable bonds is 6. The van der Waals surface area contributed by atoms with Gasteiger partial charge in [-0.3, -0.25) is 0 Å². The summed E-state index contributed by atoms with van der Waals surface area (Å²) in [6.07, 6.45) is 4.59. The van der Waals surface area contributed by atoms with E-state index in [0.717, 1.165) is 29.8 Å². The third-order valence-electron chi connectivity index (χ3n) is 4.64. The highest BCUT2D eigenvalue weighted by Crippen LogP contribution is 2.32. The van der Waals surface area contributed by atoms with Gasteiger partial charge < -0.3 is 14.8 Å². The molecular weight excluding hydrogens is 366 g/mol. The second-order valence-corrected chi connectivity index (χ2v) is 6.96. The number of esters is 1.